The second-order valence-electron chi connectivity index (χ2n) is 3.98. The molecule has 0 aliphatic carbocycles. The van der Waals surface area contributed by atoms with Gasteiger partial charge in [0.05, 0.1) is 11.3 Å². The van der Waals surface area contributed by atoms with Crippen molar-refractivity contribution in [2.75, 3.05) is 5.73 Å². The first kappa shape index (κ1) is 11.8. The Bertz CT molecular complexity index is 707. The minimum absolute atomic E-state index is 0.254. The lowest BCUT2D eigenvalue weighted by Gasteiger charge is -1.99. The van der Waals surface area contributed by atoms with Crippen LogP contribution in [0.3, 0.4) is 0 Å². The van der Waals surface area contributed by atoms with Crippen LogP contribution >= 0.6 is 11.3 Å². The van der Waals surface area contributed by atoms with Crippen LogP contribution in [0.15, 0.2) is 48.0 Å². The molecule has 0 aliphatic rings. The standard InChI is InChI=1S/C14H10FN3S/c15-10-5-3-9(4-6-10)12-8-19-14(18-12)11-2-1-7-17-13(11)16/h1-8H,(H2,16,17). The molecule has 0 radical (unpaired) electrons. The van der Waals surface area contributed by atoms with Crippen molar-refractivity contribution in [1.29, 1.82) is 0 Å². The predicted octanol–water partition coefficient (Wildman–Crippen LogP) is 3.59. The summed E-state index contributed by atoms with van der Waals surface area (Å²) in [6, 6.07) is 9.97. The number of anilines is 1. The van der Waals surface area contributed by atoms with Crippen LogP contribution < -0.4 is 5.73 Å². The fourth-order valence-corrected chi connectivity index (χ4v) is 2.61. The van der Waals surface area contributed by atoms with E-state index in [1.807, 2.05) is 17.5 Å². The van der Waals surface area contributed by atoms with Gasteiger partial charge in [0.1, 0.15) is 16.6 Å². The Morgan fingerprint density at radius 1 is 1.11 bits per heavy atom. The van der Waals surface area contributed by atoms with Crippen LogP contribution in [0.5, 0.6) is 0 Å². The Hall–Kier alpha value is -2.27. The molecular weight excluding hydrogens is 261 g/mol. The lowest BCUT2D eigenvalue weighted by Crippen LogP contribution is -1.92. The van der Waals surface area contributed by atoms with Crippen LogP contribution in [0.4, 0.5) is 10.2 Å². The Morgan fingerprint density at radius 2 is 1.89 bits per heavy atom. The van der Waals surface area contributed by atoms with E-state index in [1.54, 1.807) is 18.3 Å². The van der Waals surface area contributed by atoms with Gasteiger partial charge in [-0.2, -0.15) is 0 Å². The largest absolute Gasteiger partial charge is 0.383 e. The van der Waals surface area contributed by atoms with E-state index in [-0.39, 0.29) is 5.82 Å². The SMILES string of the molecule is Nc1ncccc1-c1nc(-c2ccc(F)cc2)cs1. The summed E-state index contributed by atoms with van der Waals surface area (Å²) in [5.74, 6) is 0.207. The van der Waals surface area contributed by atoms with Gasteiger partial charge < -0.3 is 5.73 Å². The second kappa shape index (κ2) is 4.78. The van der Waals surface area contributed by atoms with E-state index >= 15 is 0 Å². The van der Waals surface area contributed by atoms with Gasteiger partial charge in [-0.1, -0.05) is 0 Å². The predicted molar refractivity (Wildman–Crippen MR) is 75.2 cm³/mol. The molecule has 0 bridgehead atoms. The average Bonchev–Trinajstić information content (AvgIpc) is 2.89. The van der Waals surface area contributed by atoms with E-state index in [1.165, 1.54) is 23.5 Å². The summed E-state index contributed by atoms with van der Waals surface area (Å²) in [5, 5.41) is 2.74. The number of hydrogen-bond donors (Lipinski definition) is 1. The number of nitrogens with zero attached hydrogens (tertiary/aromatic N) is 2. The van der Waals surface area contributed by atoms with Gasteiger partial charge in [0.15, 0.2) is 0 Å². The molecule has 0 aliphatic heterocycles. The van der Waals surface area contributed by atoms with Crippen molar-refractivity contribution in [1.82, 2.24) is 9.97 Å². The molecule has 0 amide bonds. The molecule has 2 N–H and O–H groups in total. The zero-order chi connectivity index (χ0) is 13.2. The van der Waals surface area contributed by atoms with Gasteiger partial charge in [-0.25, -0.2) is 14.4 Å². The molecule has 0 fully saturated rings. The summed E-state index contributed by atoms with van der Waals surface area (Å²) in [5.41, 5.74) is 8.34. The van der Waals surface area contributed by atoms with E-state index < -0.39 is 0 Å². The number of halogens is 1. The van der Waals surface area contributed by atoms with Crippen LogP contribution in [0.1, 0.15) is 0 Å². The maximum atomic E-state index is 12.9. The summed E-state index contributed by atoms with van der Waals surface area (Å²) in [6.07, 6.45) is 1.65. The maximum absolute atomic E-state index is 12.9. The molecule has 0 saturated heterocycles. The van der Waals surface area contributed by atoms with Crippen molar-refractivity contribution in [3.8, 4) is 21.8 Å². The van der Waals surface area contributed by atoms with E-state index in [9.17, 15) is 4.39 Å². The van der Waals surface area contributed by atoms with Crippen LogP contribution in [-0.4, -0.2) is 9.97 Å². The highest BCUT2D eigenvalue weighted by Crippen LogP contribution is 2.31. The van der Waals surface area contributed by atoms with Crippen LogP contribution in [-0.2, 0) is 0 Å². The normalized spacial score (nSPS) is 10.6. The third-order valence-electron chi connectivity index (χ3n) is 2.71. The van der Waals surface area contributed by atoms with Gasteiger partial charge in [-0.15, -0.1) is 11.3 Å². The molecule has 3 nitrogen and oxygen atoms in total. The Kier molecular flexibility index (Phi) is 2.97. The Morgan fingerprint density at radius 3 is 2.63 bits per heavy atom. The number of nitrogen functional groups attached to an aromatic ring is 1. The highest BCUT2D eigenvalue weighted by molar-refractivity contribution is 7.13. The first-order valence-corrected chi connectivity index (χ1v) is 6.54. The molecule has 0 unspecified atom stereocenters. The second-order valence-corrected chi connectivity index (χ2v) is 4.84. The highest BCUT2D eigenvalue weighted by Gasteiger charge is 2.09. The number of hydrogen-bond acceptors (Lipinski definition) is 4. The molecule has 0 atom stereocenters. The fourth-order valence-electron chi connectivity index (χ4n) is 1.75. The maximum Gasteiger partial charge on any atom is 0.133 e. The van der Waals surface area contributed by atoms with Crippen molar-refractivity contribution >= 4 is 17.2 Å². The average molecular weight is 271 g/mol. The van der Waals surface area contributed by atoms with E-state index in [0.717, 1.165) is 21.8 Å². The van der Waals surface area contributed by atoms with Gasteiger partial charge in [0.25, 0.3) is 0 Å². The number of benzene rings is 1. The summed E-state index contributed by atoms with van der Waals surface area (Å²) < 4.78 is 12.9. The molecule has 2 heterocycles. The van der Waals surface area contributed by atoms with E-state index in [2.05, 4.69) is 9.97 Å². The van der Waals surface area contributed by atoms with Gasteiger partial charge >= 0.3 is 0 Å². The molecule has 1 aromatic carbocycles. The number of nitrogens with two attached hydrogens (primary N) is 1. The molecule has 5 heteroatoms. The summed E-state index contributed by atoms with van der Waals surface area (Å²) in [7, 11) is 0. The molecule has 94 valence electrons. The summed E-state index contributed by atoms with van der Waals surface area (Å²) in [6.45, 7) is 0. The van der Waals surface area contributed by atoms with E-state index in [4.69, 9.17) is 5.73 Å². The van der Waals surface area contributed by atoms with Gasteiger partial charge in [-0.3, -0.25) is 0 Å². The zero-order valence-corrected chi connectivity index (χ0v) is 10.7. The molecule has 0 spiro atoms. The zero-order valence-electron chi connectivity index (χ0n) is 9.88. The van der Waals surface area contributed by atoms with E-state index in [0.29, 0.717) is 5.82 Å². The number of aromatic nitrogens is 2. The van der Waals surface area contributed by atoms with Crippen molar-refractivity contribution < 1.29 is 4.39 Å². The quantitative estimate of drug-likeness (QED) is 0.775. The van der Waals surface area contributed by atoms with Gasteiger partial charge in [0, 0.05) is 17.1 Å². The summed E-state index contributed by atoms with van der Waals surface area (Å²) in [4.78, 5) is 8.56. The Balaban J connectivity index is 2.00. The molecule has 3 aromatic rings. The lowest BCUT2D eigenvalue weighted by atomic mass is 10.2. The third kappa shape index (κ3) is 2.32. The van der Waals surface area contributed by atoms with Gasteiger partial charge in [-0.05, 0) is 36.4 Å². The molecular formula is C14H10FN3S. The number of rotatable bonds is 2. The van der Waals surface area contributed by atoms with Crippen molar-refractivity contribution in [3.63, 3.8) is 0 Å². The molecule has 3 rings (SSSR count). The fraction of sp³-hybridized carbons (Fsp3) is 0. The first-order valence-electron chi connectivity index (χ1n) is 5.66. The monoisotopic (exact) mass is 271 g/mol. The minimum Gasteiger partial charge on any atom is -0.383 e. The lowest BCUT2D eigenvalue weighted by molar-refractivity contribution is 0.628. The van der Waals surface area contributed by atoms with Crippen molar-refractivity contribution in [2.24, 2.45) is 0 Å². The Labute approximate surface area is 113 Å². The summed E-state index contributed by atoms with van der Waals surface area (Å²) >= 11 is 1.49. The minimum atomic E-state index is -0.254. The van der Waals surface area contributed by atoms with Crippen LogP contribution in [0, 0.1) is 5.82 Å². The van der Waals surface area contributed by atoms with Crippen LogP contribution in [0.25, 0.3) is 21.8 Å². The van der Waals surface area contributed by atoms with Crippen molar-refractivity contribution in [2.45, 2.75) is 0 Å². The molecule has 0 saturated carbocycles. The molecule has 19 heavy (non-hydrogen) atoms. The van der Waals surface area contributed by atoms with Crippen LogP contribution in [0.2, 0.25) is 0 Å². The molecule has 2 aromatic heterocycles. The smallest absolute Gasteiger partial charge is 0.133 e. The number of thiazole rings is 1. The first-order chi connectivity index (χ1) is 9.24. The number of pyridine rings is 1. The third-order valence-corrected chi connectivity index (χ3v) is 3.59. The highest BCUT2D eigenvalue weighted by atomic mass is 32.1. The topological polar surface area (TPSA) is 51.8 Å². The van der Waals surface area contributed by atoms with Gasteiger partial charge in [0.2, 0.25) is 0 Å². The van der Waals surface area contributed by atoms with Crippen molar-refractivity contribution in [3.05, 3.63) is 53.8 Å².